The molecule has 2 heterocycles. The summed E-state index contributed by atoms with van der Waals surface area (Å²) in [5.41, 5.74) is 6.77. The number of aromatic nitrogens is 1. The highest BCUT2D eigenvalue weighted by atomic mass is 79.9. The van der Waals surface area contributed by atoms with Crippen molar-refractivity contribution in [2.45, 2.75) is 19.6 Å². The molecule has 0 unspecified atom stereocenters. The first-order valence-corrected chi connectivity index (χ1v) is 9.49. The van der Waals surface area contributed by atoms with E-state index in [9.17, 15) is 0 Å². The average molecular weight is 430 g/mol. The van der Waals surface area contributed by atoms with E-state index in [1.54, 1.807) is 0 Å². The first-order valence-electron chi connectivity index (χ1n) is 9.49. The third kappa shape index (κ3) is 3.50. The molecule has 2 nitrogen and oxygen atoms in total. The molecular formula is C25H22BrN2-. The zero-order valence-electron chi connectivity index (χ0n) is 15.6. The fraction of sp³-hybridized carbons (Fsp3) is 0.120. The lowest BCUT2D eigenvalue weighted by Crippen LogP contribution is -3.00. The highest BCUT2D eigenvalue weighted by Crippen LogP contribution is 2.32. The summed E-state index contributed by atoms with van der Waals surface area (Å²) in [6.45, 7) is 2.77. The molecule has 3 heteroatoms. The van der Waals surface area contributed by atoms with Crippen LogP contribution in [0.5, 0.6) is 0 Å². The molecule has 1 aliphatic rings. The zero-order chi connectivity index (χ0) is 18.1. The predicted octanol–water partition coefficient (Wildman–Crippen LogP) is 2.68. The van der Waals surface area contributed by atoms with Gasteiger partial charge in [0.1, 0.15) is 0 Å². The van der Waals surface area contributed by atoms with E-state index >= 15 is 0 Å². The van der Waals surface area contributed by atoms with Gasteiger partial charge in [-0.1, -0.05) is 78.9 Å². The topological polar surface area (TPSA) is 8.17 Å². The molecule has 1 aliphatic heterocycles. The molecule has 0 atom stereocenters. The van der Waals surface area contributed by atoms with E-state index in [-0.39, 0.29) is 17.0 Å². The van der Waals surface area contributed by atoms with Gasteiger partial charge < -0.3 is 26.4 Å². The van der Waals surface area contributed by atoms with Gasteiger partial charge in [0.2, 0.25) is 0 Å². The average Bonchev–Trinajstić information content (AvgIpc) is 3.03. The second kappa shape index (κ2) is 8.07. The number of halogens is 1. The van der Waals surface area contributed by atoms with Crippen molar-refractivity contribution in [1.29, 1.82) is 0 Å². The van der Waals surface area contributed by atoms with Crippen molar-refractivity contribution in [2.24, 2.45) is 0 Å². The minimum atomic E-state index is 0. The van der Waals surface area contributed by atoms with Crippen LogP contribution in [-0.4, -0.2) is 9.47 Å². The van der Waals surface area contributed by atoms with Gasteiger partial charge in [-0.15, -0.1) is 0 Å². The van der Waals surface area contributed by atoms with Gasteiger partial charge in [-0.05, 0) is 23.3 Å². The molecule has 28 heavy (non-hydrogen) atoms. The van der Waals surface area contributed by atoms with E-state index in [1.165, 1.54) is 33.3 Å². The Hall–Kier alpha value is -2.78. The summed E-state index contributed by atoms with van der Waals surface area (Å²) in [6.07, 6.45) is 4.53. The summed E-state index contributed by atoms with van der Waals surface area (Å²) in [5, 5.41) is 1.35. The van der Waals surface area contributed by atoms with E-state index in [2.05, 4.69) is 107 Å². The third-order valence-electron chi connectivity index (χ3n) is 5.34. The first kappa shape index (κ1) is 18.6. The van der Waals surface area contributed by atoms with Crippen LogP contribution in [0.1, 0.15) is 22.4 Å². The minimum absolute atomic E-state index is 0. The zero-order valence-corrected chi connectivity index (χ0v) is 17.2. The van der Waals surface area contributed by atoms with Gasteiger partial charge in [0.25, 0.3) is 0 Å². The molecule has 0 bridgehead atoms. The molecule has 0 N–H and O–H groups in total. The van der Waals surface area contributed by atoms with Gasteiger partial charge in [0.05, 0.1) is 6.54 Å². The Bertz CT molecular complexity index is 1100. The lowest BCUT2D eigenvalue weighted by Gasteiger charge is -2.25. The largest absolute Gasteiger partial charge is 1.00 e. The van der Waals surface area contributed by atoms with Crippen molar-refractivity contribution in [3.05, 3.63) is 114 Å². The van der Waals surface area contributed by atoms with Crippen molar-refractivity contribution >= 4 is 17.0 Å². The Kier molecular flexibility index (Phi) is 5.36. The Morgan fingerprint density at radius 3 is 2.00 bits per heavy atom. The van der Waals surface area contributed by atoms with E-state index in [4.69, 9.17) is 0 Å². The highest BCUT2D eigenvalue weighted by Gasteiger charge is 2.20. The maximum absolute atomic E-state index is 2.49. The first-order chi connectivity index (χ1) is 13.4. The summed E-state index contributed by atoms with van der Waals surface area (Å²) in [4.78, 5) is 2.40. The lowest BCUT2D eigenvalue weighted by molar-refractivity contribution is -0.00000527. The Balaban J connectivity index is 0.00000192. The van der Waals surface area contributed by atoms with Crippen LogP contribution in [0.15, 0.2) is 91.1 Å². The maximum Gasteiger partial charge on any atom is 0.0586 e. The molecule has 0 saturated carbocycles. The summed E-state index contributed by atoms with van der Waals surface area (Å²) >= 11 is 0. The van der Waals surface area contributed by atoms with Crippen LogP contribution in [0.3, 0.4) is 0 Å². The summed E-state index contributed by atoms with van der Waals surface area (Å²) in [7, 11) is 0. The molecular weight excluding hydrogens is 408 g/mol. The monoisotopic (exact) mass is 429 g/mol. The van der Waals surface area contributed by atoms with Gasteiger partial charge in [-0.2, -0.15) is 0 Å². The molecule has 0 aliphatic carbocycles. The summed E-state index contributed by atoms with van der Waals surface area (Å²) in [5.74, 6) is 0. The molecule has 4 aromatic rings. The lowest BCUT2D eigenvalue weighted by atomic mass is 10.1. The van der Waals surface area contributed by atoms with Crippen LogP contribution >= 0.6 is 0 Å². The molecule has 1 aromatic heterocycles. The smallest absolute Gasteiger partial charge is 0.0586 e. The van der Waals surface area contributed by atoms with Crippen LogP contribution in [0.2, 0.25) is 0 Å². The van der Waals surface area contributed by atoms with Crippen molar-refractivity contribution < 1.29 is 17.0 Å². The molecule has 0 radical (unpaired) electrons. The standard InChI is InChI=1S/C25H22N2.BrH/c1-3-9-20(10-4-1)17-26-16-15-23-22-13-7-8-14-24(22)27(25(23)19-26)18-21-11-5-2-6-12-21;/h1-16H,17-19H2;1H/p-1. The maximum atomic E-state index is 2.49. The predicted molar refractivity (Wildman–Crippen MR) is 112 cm³/mol. The number of hydrogen-bond donors (Lipinski definition) is 0. The van der Waals surface area contributed by atoms with E-state index < -0.39 is 0 Å². The minimum Gasteiger partial charge on any atom is -1.00 e. The van der Waals surface area contributed by atoms with E-state index in [0.717, 1.165) is 19.6 Å². The number of benzene rings is 3. The van der Waals surface area contributed by atoms with Crippen LogP contribution in [0.25, 0.3) is 17.0 Å². The molecule has 0 saturated heterocycles. The molecule has 5 rings (SSSR count). The van der Waals surface area contributed by atoms with Crippen molar-refractivity contribution in [3.8, 4) is 0 Å². The Labute approximate surface area is 176 Å². The molecule has 0 fully saturated rings. The number of fused-ring (bicyclic) bond motifs is 3. The molecule has 140 valence electrons. The molecule has 0 spiro atoms. The third-order valence-corrected chi connectivity index (χ3v) is 5.34. The van der Waals surface area contributed by atoms with Gasteiger partial charge in [0.15, 0.2) is 0 Å². The number of para-hydroxylation sites is 1. The second-order valence-corrected chi connectivity index (χ2v) is 7.16. The quantitative estimate of drug-likeness (QED) is 0.484. The van der Waals surface area contributed by atoms with Gasteiger partial charge >= 0.3 is 0 Å². The van der Waals surface area contributed by atoms with Crippen LogP contribution < -0.4 is 17.0 Å². The van der Waals surface area contributed by atoms with Gasteiger partial charge in [0, 0.05) is 41.4 Å². The number of hydrogen-bond acceptors (Lipinski definition) is 1. The number of nitrogens with zero attached hydrogens (tertiary/aromatic N) is 2. The number of rotatable bonds is 4. The van der Waals surface area contributed by atoms with E-state index in [1.807, 2.05) is 0 Å². The van der Waals surface area contributed by atoms with Crippen LogP contribution in [-0.2, 0) is 19.6 Å². The van der Waals surface area contributed by atoms with Crippen molar-refractivity contribution in [3.63, 3.8) is 0 Å². The van der Waals surface area contributed by atoms with Crippen molar-refractivity contribution in [2.75, 3.05) is 0 Å². The SMILES string of the molecule is C1=CN(Cc2ccccc2)Cc2c1c1ccccc1n2Cc1ccccc1.[Br-]. The highest BCUT2D eigenvalue weighted by molar-refractivity contribution is 5.91. The Morgan fingerprint density at radius 2 is 1.29 bits per heavy atom. The fourth-order valence-electron chi connectivity index (χ4n) is 4.04. The van der Waals surface area contributed by atoms with E-state index in [0.29, 0.717) is 0 Å². The normalized spacial score (nSPS) is 12.6. The molecule has 3 aromatic carbocycles. The van der Waals surface area contributed by atoms with Gasteiger partial charge in [-0.25, -0.2) is 0 Å². The van der Waals surface area contributed by atoms with Crippen molar-refractivity contribution in [1.82, 2.24) is 9.47 Å². The van der Waals surface area contributed by atoms with Gasteiger partial charge in [-0.3, -0.25) is 0 Å². The molecule has 0 amide bonds. The van der Waals surface area contributed by atoms with Crippen LogP contribution in [0, 0.1) is 0 Å². The fourth-order valence-corrected chi connectivity index (χ4v) is 4.04. The summed E-state index contributed by atoms with van der Waals surface area (Å²) in [6, 6.07) is 30.2. The second-order valence-electron chi connectivity index (χ2n) is 7.16. The van der Waals surface area contributed by atoms with Crippen LogP contribution in [0.4, 0.5) is 0 Å². The summed E-state index contributed by atoms with van der Waals surface area (Å²) < 4.78 is 2.49. The Morgan fingerprint density at radius 1 is 0.679 bits per heavy atom.